The van der Waals surface area contributed by atoms with Gasteiger partial charge in [0.05, 0.1) is 12.3 Å². The van der Waals surface area contributed by atoms with E-state index in [1.807, 2.05) is 0 Å². The average Bonchev–Trinajstić information content (AvgIpc) is 3.15. The van der Waals surface area contributed by atoms with E-state index in [-0.39, 0.29) is 10.8 Å². The van der Waals surface area contributed by atoms with Crippen LogP contribution in [0.25, 0.3) is 0 Å². The lowest BCUT2D eigenvalue weighted by Gasteiger charge is -2.25. The number of hydrogen-bond donors (Lipinski definition) is 1. The van der Waals surface area contributed by atoms with Crippen molar-refractivity contribution in [2.45, 2.75) is 18.9 Å². The Bertz CT molecular complexity index is 449. The second kappa shape index (κ2) is 5.63. The molecule has 2 N–H and O–H groups in total. The molecule has 98 valence electrons. The highest BCUT2D eigenvalue weighted by Gasteiger charge is 2.30. The fourth-order valence-electron chi connectivity index (χ4n) is 1.97. The number of halogens is 1. The summed E-state index contributed by atoms with van der Waals surface area (Å²) in [5.74, 6) is -0.275. The van der Waals surface area contributed by atoms with Gasteiger partial charge in [0.15, 0.2) is 0 Å². The summed E-state index contributed by atoms with van der Waals surface area (Å²) >= 11 is 4.84. The minimum absolute atomic E-state index is 0.218. The zero-order chi connectivity index (χ0) is 13.1. The van der Waals surface area contributed by atoms with Crippen LogP contribution in [0.2, 0.25) is 0 Å². The maximum Gasteiger partial charge on any atom is 0.147 e. The molecule has 0 aromatic heterocycles. The predicted octanol–water partition coefficient (Wildman–Crippen LogP) is 2.08. The normalized spacial score (nSPS) is 14.6. The number of hydrogen-bond acceptors (Lipinski definition) is 3. The van der Waals surface area contributed by atoms with E-state index in [9.17, 15) is 4.39 Å². The number of ether oxygens (including phenoxy) is 1. The average molecular weight is 268 g/mol. The van der Waals surface area contributed by atoms with Crippen molar-refractivity contribution in [3.63, 3.8) is 0 Å². The Kier molecular flexibility index (Phi) is 4.14. The first kappa shape index (κ1) is 13.2. The molecular weight excluding hydrogens is 251 g/mol. The summed E-state index contributed by atoms with van der Waals surface area (Å²) in [5, 5.41) is 0. The van der Waals surface area contributed by atoms with E-state index in [0.717, 1.165) is 12.8 Å². The molecule has 1 fully saturated rings. The van der Waals surface area contributed by atoms with Gasteiger partial charge in [0.1, 0.15) is 10.8 Å². The standard InChI is InChI=1S/C13H17FN2OS/c1-17-7-6-16(10-3-4-10)12-5-2-9(13(15)18)8-11(12)14/h2,5,8,10H,3-4,6-7H2,1H3,(H2,15,18). The number of nitrogens with two attached hydrogens (primary N) is 1. The summed E-state index contributed by atoms with van der Waals surface area (Å²) in [6, 6.07) is 5.35. The smallest absolute Gasteiger partial charge is 0.147 e. The quantitative estimate of drug-likeness (QED) is 0.802. The number of benzene rings is 1. The molecule has 1 aliphatic carbocycles. The molecule has 1 saturated carbocycles. The van der Waals surface area contributed by atoms with Crippen molar-refractivity contribution in [1.82, 2.24) is 0 Å². The van der Waals surface area contributed by atoms with Gasteiger partial charge < -0.3 is 15.4 Å². The van der Waals surface area contributed by atoms with Crippen LogP contribution < -0.4 is 10.6 Å². The van der Waals surface area contributed by atoms with Gasteiger partial charge in [0.2, 0.25) is 0 Å². The molecule has 0 heterocycles. The first-order valence-electron chi connectivity index (χ1n) is 5.98. The summed E-state index contributed by atoms with van der Waals surface area (Å²) in [4.78, 5) is 2.28. The highest BCUT2D eigenvalue weighted by Crippen LogP contribution is 2.33. The zero-order valence-corrected chi connectivity index (χ0v) is 11.2. The molecular formula is C13H17FN2OS. The van der Waals surface area contributed by atoms with Crippen molar-refractivity contribution < 1.29 is 9.13 Å². The largest absolute Gasteiger partial charge is 0.389 e. The van der Waals surface area contributed by atoms with E-state index >= 15 is 0 Å². The molecule has 0 amide bonds. The predicted molar refractivity (Wildman–Crippen MR) is 74.5 cm³/mol. The van der Waals surface area contributed by atoms with E-state index in [2.05, 4.69) is 4.90 Å². The van der Waals surface area contributed by atoms with Crippen molar-refractivity contribution in [2.75, 3.05) is 25.2 Å². The third-order valence-corrected chi connectivity index (χ3v) is 3.30. The summed E-state index contributed by atoms with van der Waals surface area (Å²) < 4.78 is 19.1. The number of anilines is 1. The SMILES string of the molecule is COCCN(c1ccc(C(N)=S)cc1F)C1CC1. The van der Waals surface area contributed by atoms with E-state index < -0.39 is 0 Å². The topological polar surface area (TPSA) is 38.5 Å². The Balaban J connectivity index is 2.21. The first-order valence-corrected chi connectivity index (χ1v) is 6.39. The molecule has 3 nitrogen and oxygen atoms in total. The van der Waals surface area contributed by atoms with Gasteiger partial charge >= 0.3 is 0 Å². The van der Waals surface area contributed by atoms with Gasteiger partial charge in [-0.1, -0.05) is 12.2 Å². The maximum atomic E-state index is 14.1. The van der Waals surface area contributed by atoms with E-state index in [1.54, 1.807) is 19.2 Å². The van der Waals surface area contributed by atoms with Crippen molar-refractivity contribution in [3.05, 3.63) is 29.6 Å². The fourth-order valence-corrected chi connectivity index (χ4v) is 2.10. The van der Waals surface area contributed by atoms with Crippen LogP contribution in [0, 0.1) is 5.82 Å². The van der Waals surface area contributed by atoms with Crippen LogP contribution in [0.15, 0.2) is 18.2 Å². The highest BCUT2D eigenvalue weighted by atomic mass is 32.1. The second-order valence-corrected chi connectivity index (χ2v) is 4.89. The molecule has 1 aromatic rings. The molecule has 18 heavy (non-hydrogen) atoms. The minimum atomic E-state index is -0.275. The van der Waals surface area contributed by atoms with Crippen LogP contribution >= 0.6 is 12.2 Å². The van der Waals surface area contributed by atoms with Gasteiger partial charge in [-0.3, -0.25) is 0 Å². The fraction of sp³-hybridized carbons (Fsp3) is 0.462. The molecule has 0 atom stereocenters. The number of nitrogens with zero attached hydrogens (tertiary/aromatic N) is 1. The molecule has 0 saturated heterocycles. The summed E-state index contributed by atoms with van der Waals surface area (Å²) in [6.07, 6.45) is 2.22. The zero-order valence-electron chi connectivity index (χ0n) is 10.4. The Hall–Kier alpha value is -1.20. The Morgan fingerprint density at radius 3 is 2.78 bits per heavy atom. The minimum Gasteiger partial charge on any atom is -0.389 e. The second-order valence-electron chi connectivity index (χ2n) is 4.45. The maximum absolute atomic E-state index is 14.1. The lowest BCUT2D eigenvalue weighted by atomic mass is 10.2. The third-order valence-electron chi connectivity index (χ3n) is 3.07. The van der Waals surface area contributed by atoms with Crippen LogP contribution in [0.4, 0.5) is 10.1 Å². The van der Waals surface area contributed by atoms with Crippen molar-refractivity contribution in [1.29, 1.82) is 0 Å². The van der Waals surface area contributed by atoms with Crippen molar-refractivity contribution in [2.24, 2.45) is 5.73 Å². The number of thiocarbonyl (C=S) groups is 1. The van der Waals surface area contributed by atoms with Gasteiger partial charge in [0.25, 0.3) is 0 Å². The van der Waals surface area contributed by atoms with E-state index in [4.69, 9.17) is 22.7 Å². The Labute approximate surface area is 112 Å². The molecule has 0 radical (unpaired) electrons. The van der Waals surface area contributed by atoms with Crippen molar-refractivity contribution >= 4 is 22.9 Å². The van der Waals surface area contributed by atoms with E-state index in [1.165, 1.54) is 6.07 Å². The van der Waals surface area contributed by atoms with Gasteiger partial charge in [-0.2, -0.15) is 0 Å². The van der Waals surface area contributed by atoms with Crippen LogP contribution in [0.5, 0.6) is 0 Å². The van der Waals surface area contributed by atoms with E-state index in [0.29, 0.717) is 30.4 Å². The molecule has 1 aromatic carbocycles. The lowest BCUT2D eigenvalue weighted by molar-refractivity contribution is 0.204. The van der Waals surface area contributed by atoms with Crippen LogP contribution in [-0.2, 0) is 4.74 Å². The molecule has 2 rings (SSSR count). The lowest BCUT2D eigenvalue weighted by Crippen LogP contribution is -2.30. The van der Waals surface area contributed by atoms with Crippen LogP contribution in [0.1, 0.15) is 18.4 Å². The number of methoxy groups -OCH3 is 1. The summed E-state index contributed by atoms with van der Waals surface area (Å²) in [7, 11) is 1.65. The van der Waals surface area contributed by atoms with Crippen LogP contribution in [-0.4, -0.2) is 31.3 Å². The molecule has 0 spiro atoms. The Morgan fingerprint density at radius 2 is 2.28 bits per heavy atom. The van der Waals surface area contributed by atoms with Gasteiger partial charge in [-0.25, -0.2) is 4.39 Å². The van der Waals surface area contributed by atoms with Gasteiger partial charge in [-0.05, 0) is 31.0 Å². The monoisotopic (exact) mass is 268 g/mol. The molecule has 0 unspecified atom stereocenters. The first-order chi connectivity index (χ1) is 8.63. The summed E-state index contributed by atoms with van der Waals surface area (Å²) in [5.41, 5.74) is 6.66. The van der Waals surface area contributed by atoms with Gasteiger partial charge in [0, 0.05) is 25.3 Å². The molecule has 0 bridgehead atoms. The highest BCUT2D eigenvalue weighted by molar-refractivity contribution is 7.80. The molecule has 0 aliphatic heterocycles. The number of rotatable bonds is 6. The van der Waals surface area contributed by atoms with Crippen molar-refractivity contribution in [3.8, 4) is 0 Å². The Morgan fingerprint density at radius 1 is 1.56 bits per heavy atom. The summed E-state index contributed by atoms with van der Waals surface area (Å²) in [6.45, 7) is 1.29. The molecule has 1 aliphatic rings. The molecule has 5 heteroatoms. The third kappa shape index (κ3) is 2.97. The van der Waals surface area contributed by atoms with Crippen LogP contribution in [0.3, 0.4) is 0 Å². The van der Waals surface area contributed by atoms with Gasteiger partial charge in [-0.15, -0.1) is 0 Å².